The van der Waals surface area contributed by atoms with E-state index >= 15 is 0 Å². The highest BCUT2D eigenvalue weighted by molar-refractivity contribution is 7.12. The molecule has 1 amide bonds. The van der Waals surface area contributed by atoms with Crippen molar-refractivity contribution in [3.63, 3.8) is 0 Å². The van der Waals surface area contributed by atoms with Crippen LogP contribution in [0.5, 0.6) is 11.5 Å². The molecule has 1 unspecified atom stereocenters. The van der Waals surface area contributed by atoms with Crippen LogP contribution in [0.2, 0.25) is 0 Å². The number of ether oxygens (including phenoxy) is 3. The van der Waals surface area contributed by atoms with E-state index in [0.717, 1.165) is 13.1 Å². The van der Waals surface area contributed by atoms with Crippen LogP contribution < -0.4 is 9.47 Å². The molecule has 0 radical (unpaired) electrons. The lowest BCUT2D eigenvalue weighted by Crippen LogP contribution is -2.43. The zero-order valence-electron chi connectivity index (χ0n) is 18.8. The number of carbonyl (C=O) groups excluding carboxylic acids is 2. The Morgan fingerprint density at radius 3 is 2.67 bits per heavy atom. The molecule has 2 aliphatic rings. The highest BCUT2D eigenvalue weighted by atomic mass is 32.1. The van der Waals surface area contributed by atoms with Crippen molar-refractivity contribution < 1.29 is 28.9 Å². The van der Waals surface area contributed by atoms with E-state index in [2.05, 4.69) is 4.90 Å². The van der Waals surface area contributed by atoms with E-state index in [1.54, 1.807) is 41.7 Å². The van der Waals surface area contributed by atoms with Crippen LogP contribution in [-0.4, -0.2) is 79.7 Å². The maximum absolute atomic E-state index is 13.4. The van der Waals surface area contributed by atoms with Crippen LogP contribution in [0.4, 0.5) is 0 Å². The zero-order chi connectivity index (χ0) is 23.4. The number of aliphatic hydroxyl groups excluding tert-OH is 1. The van der Waals surface area contributed by atoms with Crippen molar-refractivity contribution in [1.82, 2.24) is 9.80 Å². The Hall–Kier alpha value is -2.88. The van der Waals surface area contributed by atoms with Crippen LogP contribution in [0.1, 0.15) is 28.2 Å². The molecule has 1 fully saturated rings. The molecule has 1 N–H and O–H groups in total. The van der Waals surface area contributed by atoms with E-state index < -0.39 is 17.7 Å². The number of thiophene rings is 1. The number of hydrogen-bond acceptors (Lipinski definition) is 8. The number of methoxy groups -OCH3 is 1. The van der Waals surface area contributed by atoms with Crippen LogP contribution in [0, 0.1) is 0 Å². The average Bonchev–Trinajstić information content (AvgIpc) is 3.46. The summed E-state index contributed by atoms with van der Waals surface area (Å²) in [6.07, 6.45) is 0. The second kappa shape index (κ2) is 10.4. The number of benzene rings is 1. The topological polar surface area (TPSA) is 88.5 Å². The molecule has 0 spiro atoms. The molecule has 3 heterocycles. The van der Waals surface area contributed by atoms with Crippen molar-refractivity contribution in [1.29, 1.82) is 0 Å². The van der Waals surface area contributed by atoms with Crippen molar-refractivity contribution in [2.75, 3.05) is 53.1 Å². The van der Waals surface area contributed by atoms with Gasteiger partial charge in [0, 0.05) is 26.2 Å². The molecular weight excluding hydrogens is 444 g/mol. The summed E-state index contributed by atoms with van der Waals surface area (Å²) in [6.45, 7) is 6.21. The number of amides is 1. The average molecular weight is 473 g/mol. The Morgan fingerprint density at radius 2 is 2.00 bits per heavy atom. The third-order valence-corrected chi connectivity index (χ3v) is 6.73. The minimum absolute atomic E-state index is 0.0932. The Kier molecular flexibility index (Phi) is 7.32. The van der Waals surface area contributed by atoms with E-state index in [1.807, 2.05) is 13.0 Å². The van der Waals surface area contributed by atoms with E-state index in [0.29, 0.717) is 54.8 Å². The van der Waals surface area contributed by atoms with Crippen molar-refractivity contribution in [2.24, 2.45) is 0 Å². The molecular formula is C24H28N2O6S. The zero-order valence-corrected chi connectivity index (χ0v) is 19.6. The van der Waals surface area contributed by atoms with Gasteiger partial charge in [0.1, 0.15) is 0 Å². The normalized spacial score (nSPS) is 19.3. The number of aliphatic hydroxyl groups is 1. The van der Waals surface area contributed by atoms with Gasteiger partial charge >= 0.3 is 0 Å². The minimum Gasteiger partial charge on any atom is -0.503 e. The lowest BCUT2D eigenvalue weighted by atomic mass is 9.95. The first-order valence-corrected chi connectivity index (χ1v) is 11.9. The molecule has 33 heavy (non-hydrogen) atoms. The van der Waals surface area contributed by atoms with Gasteiger partial charge in [0.15, 0.2) is 17.3 Å². The van der Waals surface area contributed by atoms with Crippen molar-refractivity contribution in [2.45, 2.75) is 13.0 Å². The largest absolute Gasteiger partial charge is 0.503 e. The van der Waals surface area contributed by atoms with Crippen molar-refractivity contribution >= 4 is 23.0 Å². The molecule has 9 heteroatoms. The van der Waals surface area contributed by atoms with Gasteiger partial charge in [0.05, 0.1) is 43.4 Å². The summed E-state index contributed by atoms with van der Waals surface area (Å²) in [7, 11) is 1.54. The number of nitrogens with zero attached hydrogens (tertiary/aromatic N) is 2. The summed E-state index contributed by atoms with van der Waals surface area (Å²) in [5.74, 6) is -0.298. The molecule has 0 saturated carbocycles. The number of carbonyl (C=O) groups is 2. The Balaban J connectivity index is 1.70. The van der Waals surface area contributed by atoms with E-state index in [1.165, 1.54) is 11.3 Å². The van der Waals surface area contributed by atoms with Gasteiger partial charge in [0.2, 0.25) is 5.78 Å². The molecule has 1 aromatic carbocycles. The third kappa shape index (κ3) is 4.75. The lowest BCUT2D eigenvalue weighted by molar-refractivity contribution is -0.129. The fraction of sp³-hybridized carbons (Fsp3) is 0.417. The van der Waals surface area contributed by atoms with Gasteiger partial charge in [-0.1, -0.05) is 12.1 Å². The summed E-state index contributed by atoms with van der Waals surface area (Å²) in [4.78, 5) is 30.7. The standard InChI is InChI=1S/C24H28N2O6S/c1-3-32-17-7-6-16(15-18(17)30-2)21-20(22(27)19-5-4-14-33-19)23(28)24(29)26(21)9-8-25-10-12-31-13-11-25/h4-7,14-15,21,28H,3,8-13H2,1-2H3. The van der Waals surface area contributed by atoms with Crippen molar-refractivity contribution in [3.05, 3.63) is 57.5 Å². The molecule has 1 aromatic heterocycles. The molecule has 176 valence electrons. The second-order valence-electron chi connectivity index (χ2n) is 7.77. The van der Waals surface area contributed by atoms with Crippen LogP contribution in [0.3, 0.4) is 0 Å². The molecule has 1 saturated heterocycles. The van der Waals surface area contributed by atoms with Gasteiger partial charge in [-0.15, -0.1) is 11.3 Å². The molecule has 4 rings (SSSR count). The quantitative estimate of drug-likeness (QED) is 0.561. The van der Waals surface area contributed by atoms with Crippen LogP contribution >= 0.6 is 11.3 Å². The van der Waals surface area contributed by atoms with Gasteiger partial charge < -0.3 is 24.2 Å². The highest BCUT2D eigenvalue weighted by Gasteiger charge is 2.44. The monoisotopic (exact) mass is 472 g/mol. The van der Waals surface area contributed by atoms with Gasteiger partial charge in [-0.2, -0.15) is 0 Å². The fourth-order valence-electron chi connectivity index (χ4n) is 4.21. The lowest BCUT2D eigenvalue weighted by Gasteiger charge is -2.31. The van der Waals surface area contributed by atoms with Gasteiger partial charge in [-0.25, -0.2) is 0 Å². The predicted octanol–water partition coefficient (Wildman–Crippen LogP) is 3.07. The number of rotatable bonds is 9. The molecule has 0 bridgehead atoms. The van der Waals surface area contributed by atoms with Crippen LogP contribution in [0.15, 0.2) is 47.0 Å². The summed E-state index contributed by atoms with van der Waals surface area (Å²) >= 11 is 1.28. The van der Waals surface area contributed by atoms with E-state index in [9.17, 15) is 14.7 Å². The van der Waals surface area contributed by atoms with Crippen LogP contribution in [-0.2, 0) is 9.53 Å². The molecule has 2 aliphatic heterocycles. The Labute approximate surface area is 197 Å². The summed E-state index contributed by atoms with van der Waals surface area (Å²) in [5, 5.41) is 12.6. The molecule has 2 aromatic rings. The maximum Gasteiger partial charge on any atom is 0.290 e. The molecule has 0 aliphatic carbocycles. The van der Waals surface area contributed by atoms with Gasteiger partial charge in [-0.3, -0.25) is 14.5 Å². The number of hydrogen-bond donors (Lipinski definition) is 1. The minimum atomic E-state index is -0.724. The van der Waals surface area contributed by atoms with Gasteiger partial charge in [0.25, 0.3) is 5.91 Å². The fourth-order valence-corrected chi connectivity index (χ4v) is 4.88. The van der Waals surface area contributed by atoms with Gasteiger partial charge in [-0.05, 0) is 36.1 Å². The van der Waals surface area contributed by atoms with E-state index in [-0.39, 0.29) is 11.4 Å². The first kappa shape index (κ1) is 23.3. The third-order valence-electron chi connectivity index (χ3n) is 5.86. The second-order valence-corrected chi connectivity index (χ2v) is 8.71. The number of ketones is 1. The Bertz CT molecular complexity index is 1030. The highest BCUT2D eigenvalue weighted by Crippen LogP contribution is 2.42. The number of Topliss-reactive ketones (excluding diaryl/α,β-unsaturated/α-hetero) is 1. The van der Waals surface area contributed by atoms with Crippen molar-refractivity contribution in [3.8, 4) is 11.5 Å². The summed E-state index contributed by atoms with van der Waals surface area (Å²) in [5.41, 5.74) is 0.769. The summed E-state index contributed by atoms with van der Waals surface area (Å²) < 4.78 is 16.5. The first-order chi connectivity index (χ1) is 16.0. The molecule has 8 nitrogen and oxygen atoms in total. The summed E-state index contributed by atoms with van der Waals surface area (Å²) in [6, 6.07) is 8.10. The SMILES string of the molecule is CCOc1ccc(C2C(C(=O)c3cccs3)=C(O)C(=O)N2CCN2CCOCC2)cc1OC. The predicted molar refractivity (Wildman–Crippen MR) is 124 cm³/mol. The smallest absolute Gasteiger partial charge is 0.290 e. The van der Waals surface area contributed by atoms with Crippen LogP contribution in [0.25, 0.3) is 0 Å². The first-order valence-electron chi connectivity index (χ1n) is 11.0. The maximum atomic E-state index is 13.4. The number of morpholine rings is 1. The molecule has 1 atom stereocenters. The van der Waals surface area contributed by atoms with E-state index in [4.69, 9.17) is 14.2 Å². The Morgan fingerprint density at radius 1 is 1.21 bits per heavy atom.